The third-order valence-corrected chi connectivity index (χ3v) is 6.02. The molecule has 4 rings (SSSR count). The van der Waals surface area contributed by atoms with Crippen molar-refractivity contribution in [2.45, 2.75) is 31.7 Å². The molecule has 1 amide bonds. The van der Waals surface area contributed by atoms with Gasteiger partial charge in [-0.25, -0.2) is 14.4 Å². The van der Waals surface area contributed by atoms with Gasteiger partial charge in [0.15, 0.2) is 0 Å². The molecule has 7 heteroatoms. The summed E-state index contributed by atoms with van der Waals surface area (Å²) in [4.78, 5) is 26.3. The molecule has 0 radical (unpaired) electrons. The molecule has 0 spiro atoms. The molecule has 1 aliphatic rings. The molecule has 0 unspecified atom stereocenters. The fourth-order valence-electron chi connectivity index (χ4n) is 4.27. The average Bonchev–Trinajstić information content (AvgIpc) is 3.32. The largest absolute Gasteiger partial charge is 0.497 e. The molecule has 172 valence electrons. The van der Waals surface area contributed by atoms with Crippen molar-refractivity contribution in [1.82, 2.24) is 14.9 Å². The van der Waals surface area contributed by atoms with Crippen molar-refractivity contribution in [3.63, 3.8) is 0 Å². The van der Waals surface area contributed by atoms with Crippen LogP contribution in [-0.4, -0.2) is 48.5 Å². The lowest BCUT2D eigenvalue weighted by Gasteiger charge is -2.27. The number of rotatable bonds is 7. The number of methoxy groups -OCH3 is 1. The minimum atomic E-state index is -0.311. The number of carbonyl (C=O) groups excluding carboxylic acids is 1. The van der Waals surface area contributed by atoms with E-state index in [4.69, 9.17) is 9.72 Å². The molecule has 2 aromatic carbocycles. The Morgan fingerprint density at radius 1 is 1.21 bits per heavy atom. The summed E-state index contributed by atoms with van der Waals surface area (Å²) in [5.41, 5.74) is 3.35. The van der Waals surface area contributed by atoms with Gasteiger partial charge in [0.25, 0.3) is 0 Å². The number of hydrogen-bond acceptors (Lipinski definition) is 5. The number of hydrogen-bond donors (Lipinski definition) is 0. The number of aromatic nitrogens is 2. The van der Waals surface area contributed by atoms with E-state index in [0.29, 0.717) is 30.9 Å². The molecule has 0 saturated carbocycles. The van der Waals surface area contributed by atoms with Crippen LogP contribution >= 0.6 is 0 Å². The molecule has 0 aliphatic carbocycles. The minimum Gasteiger partial charge on any atom is -0.497 e. The highest BCUT2D eigenvalue weighted by Gasteiger charge is 2.33. The number of anilines is 1. The first-order valence-corrected chi connectivity index (χ1v) is 11.2. The van der Waals surface area contributed by atoms with Gasteiger partial charge in [-0.05, 0) is 54.7 Å². The molecule has 1 fully saturated rings. The number of nitrogens with zero attached hydrogens (tertiary/aromatic N) is 4. The number of ether oxygens (including phenoxy) is 1. The summed E-state index contributed by atoms with van der Waals surface area (Å²) in [5, 5.41) is 0. The summed E-state index contributed by atoms with van der Waals surface area (Å²) in [7, 11) is 5.40. The van der Waals surface area contributed by atoms with E-state index < -0.39 is 0 Å². The SMILES string of the molecule is COc1ccc(CCC(=O)N2CCC[C@H]2c2nc(N(C)C)ncc2-c2cccc(F)c2)cc1. The maximum absolute atomic E-state index is 14.0. The highest BCUT2D eigenvalue weighted by molar-refractivity contribution is 5.78. The Labute approximate surface area is 194 Å². The van der Waals surface area contributed by atoms with Crippen molar-refractivity contribution < 1.29 is 13.9 Å². The molecule has 6 nitrogen and oxygen atoms in total. The average molecular weight is 449 g/mol. The Bertz CT molecular complexity index is 1120. The van der Waals surface area contributed by atoms with Crippen molar-refractivity contribution in [3.8, 4) is 16.9 Å². The van der Waals surface area contributed by atoms with Crippen LogP contribution in [0.15, 0.2) is 54.7 Å². The number of amides is 1. The first kappa shape index (κ1) is 22.7. The van der Waals surface area contributed by atoms with Gasteiger partial charge >= 0.3 is 0 Å². The van der Waals surface area contributed by atoms with Crippen LogP contribution in [0.2, 0.25) is 0 Å². The number of benzene rings is 2. The smallest absolute Gasteiger partial charge is 0.225 e. The molecule has 1 atom stereocenters. The molecule has 1 saturated heterocycles. The third kappa shape index (κ3) is 5.13. The van der Waals surface area contributed by atoms with Crippen LogP contribution in [0, 0.1) is 5.82 Å². The fraction of sp³-hybridized carbons (Fsp3) is 0.346. The van der Waals surface area contributed by atoms with Crippen LogP contribution in [-0.2, 0) is 11.2 Å². The minimum absolute atomic E-state index is 0.100. The normalized spacial score (nSPS) is 15.5. The van der Waals surface area contributed by atoms with Gasteiger partial charge in [0, 0.05) is 38.8 Å². The zero-order chi connectivity index (χ0) is 23.4. The summed E-state index contributed by atoms with van der Waals surface area (Å²) in [5.74, 6) is 1.16. The van der Waals surface area contributed by atoms with Gasteiger partial charge in [-0.2, -0.15) is 0 Å². The summed E-state index contributed by atoms with van der Waals surface area (Å²) in [6.45, 7) is 0.690. The van der Waals surface area contributed by atoms with Gasteiger partial charge in [-0.15, -0.1) is 0 Å². The van der Waals surface area contributed by atoms with E-state index in [-0.39, 0.29) is 17.8 Å². The van der Waals surface area contributed by atoms with E-state index in [0.717, 1.165) is 35.4 Å². The maximum Gasteiger partial charge on any atom is 0.225 e. The molecular formula is C26H29FN4O2. The predicted octanol–water partition coefficient (Wildman–Crippen LogP) is 4.65. The molecule has 1 aliphatic heterocycles. The van der Waals surface area contributed by atoms with Gasteiger partial charge in [0.05, 0.1) is 18.8 Å². The van der Waals surface area contributed by atoms with E-state index in [1.54, 1.807) is 19.4 Å². The Morgan fingerprint density at radius 2 is 2.00 bits per heavy atom. The van der Waals surface area contributed by atoms with E-state index in [1.165, 1.54) is 12.1 Å². The lowest BCUT2D eigenvalue weighted by molar-refractivity contribution is -0.132. The number of aryl methyl sites for hydroxylation is 1. The Morgan fingerprint density at radius 3 is 2.70 bits per heavy atom. The van der Waals surface area contributed by atoms with Crippen LogP contribution in [0.25, 0.3) is 11.1 Å². The van der Waals surface area contributed by atoms with Gasteiger partial charge in [0.2, 0.25) is 11.9 Å². The van der Waals surface area contributed by atoms with Crippen LogP contribution in [0.5, 0.6) is 5.75 Å². The van der Waals surface area contributed by atoms with Crippen molar-refractivity contribution in [1.29, 1.82) is 0 Å². The molecule has 1 aromatic heterocycles. The van der Waals surface area contributed by atoms with Gasteiger partial charge in [0.1, 0.15) is 11.6 Å². The molecule has 33 heavy (non-hydrogen) atoms. The molecule has 0 bridgehead atoms. The lowest BCUT2D eigenvalue weighted by Crippen LogP contribution is -2.31. The van der Waals surface area contributed by atoms with Crippen molar-refractivity contribution >= 4 is 11.9 Å². The summed E-state index contributed by atoms with van der Waals surface area (Å²) in [6, 6.07) is 14.1. The number of carbonyl (C=O) groups is 1. The molecule has 3 aromatic rings. The Balaban J connectivity index is 1.59. The highest BCUT2D eigenvalue weighted by atomic mass is 19.1. The van der Waals surface area contributed by atoms with Crippen molar-refractivity contribution in [2.24, 2.45) is 0 Å². The second-order valence-electron chi connectivity index (χ2n) is 8.47. The number of halogens is 1. The molecule has 0 N–H and O–H groups in total. The van der Waals surface area contributed by atoms with Crippen LogP contribution in [0.1, 0.15) is 36.6 Å². The summed E-state index contributed by atoms with van der Waals surface area (Å²) >= 11 is 0. The Hall–Kier alpha value is -3.48. The standard InChI is InChI=1S/C26H29FN4O2/c1-30(2)26-28-17-22(19-6-4-7-20(27)16-19)25(29-26)23-8-5-15-31(23)24(32)14-11-18-9-12-21(33-3)13-10-18/h4,6-7,9-10,12-13,16-17,23H,5,8,11,14-15H2,1-3H3/t23-/m0/s1. The molecular weight excluding hydrogens is 419 g/mol. The summed E-state index contributed by atoms with van der Waals surface area (Å²) in [6.07, 6.45) is 4.55. The van der Waals surface area contributed by atoms with E-state index >= 15 is 0 Å². The van der Waals surface area contributed by atoms with Crippen molar-refractivity contribution in [3.05, 3.63) is 71.8 Å². The first-order valence-electron chi connectivity index (χ1n) is 11.2. The second kappa shape index (κ2) is 9.98. The third-order valence-electron chi connectivity index (χ3n) is 6.02. The zero-order valence-electron chi connectivity index (χ0n) is 19.3. The molecule has 2 heterocycles. The second-order valence-corrected chi connectivity index (χ2v) is 8.47. The first-order chi connectivity index (χ1) is 16.0. The van der Waals surface area contributed by atoms with Crippen LogP contribution in [0.3, 0.4) is 0 Å². The van der Waals surface area contributed by atoms with E-state index in [9.17, 15) is 9.18 Å². The Kier molecular flexibility index (Phi) is 6.87. The monoisotopic (exact) mass is 448 g/mol. The van der Waals surface area contributed by atoms with Gasteiger partial charge < -0.3 is 14.5 Å². The van der Waals surface area contributed by atoms with E-state index in [1.807, 2.05) is 54.2 Å². The van der Waals surface area contributed by atoms with Crippen LogP contribution in [0.4, 0.5) is 10.3 Å². The zero-order valence-corrected chi connectivity index (χ0v) is 19.3. The van der Waals surface area contributed by atoms with E-state index in [2.05, 4.69) is 4.98 Å². The van der Waals surface area contributed by atoms with Crippen LogP contribution < -0.4 is 9.64 Å². The van der Waals surface area contributed by atoms with Gasteiger partial charge in [-0.1, -0.05) is 24.3 Å². The predicted molar refractivity (Wildman–Crippen MR) is 127 cm³/mol. The van der Waals surface area contributed by atoms with Crippen molar-refractivity contribution in [2.75, 3.05) is 32.6 Å². The summed E-state index contributed by atoms with van der Waals surface area (Å²) < 4.78 is 19.2. The topological polar surface area (TPSA) is 58.6 Å². The maximum atomic E-state index is 14.0. The quantitative estimate of drug-likeness (QED) is 0.526. The number of likely N-dealkylation sites (tertiary alicyclic amines) is 1. The highest BCUT2D eigenvalue weighted by Crippen LogP contribution is 2.37. The van der Waals surface area contributed by atoms with Gasteiger partial charge in [-0.3, -0.25) is 4.79 Å². The fourth-order valence-corrected chi connectivity index (χ4v) is 4.27. The lowest BCUT2D eigenvalue weighted by atomic mass is 9.99.